The summed E-state index contributed by atoms with van der Waals surface area (Å²) in [6, 6.07) is 6.42. The van der Waals surface area contributed by atoms with Crippen molar-refractivity contribution in [3.63, 3.8) is 0 Å². The Morgan fingerprint density at radius 2 is 1.93 bits per heavy atom. The van der Waals surface area contributed by atoms with Crippen LogP contribution < -0.4 is 10.6 Å². The minimum absolute atomic E-state index is 0.110. The van der Waals surface area contributed by atoms with Crippen molar-refractivity contribution >= 4 is 29.4 Å². The number of hydrogen-bond acceptors (Lipinski definition) is 3. The molecule has 1 aliphatic heterocycles. The molecule has 1 aromatic rings. The van der Waals surface area contributed by atoms with Crippen LogP contribution in [0.3, 0.4) is 0 Å². The molecule has 1 saturated heterocycles. The van der Waals surface area contributed by atoms with Crippen LogP contribution in [-0.2, 0) is 15.1 Å². The lowest BCUT2D eigenvalue weighted by molar-refractivity contribution is -0.135. The Balaban J connectivity index is 1.73. The van der Waals surface area contributed by atoms with Crippen LogP contribution in [0.2, 0.25) is 5.02 Å². The van der Waals surface area contributed by atoms with Gasteiger partial charge in [-0.25, -0.2) is 4.79 Å². The fourth-order valence-corrected chi connectivity index (χ4v) is 4.20. The Hall–Kier alpha value is -2.08. The van der Waals surface area contributed by atoms with Gasteiger partial charge in [0.05, 0.1) is 0 Å². The Labute approximate surface area is 164 Å². The lowest BCUT2D eigenvalue weighted by Gasteiger charge is -2.30. The zero-order chi connectivity index (χ0) is 19.6. The molecule has 2 fully saturated rings. The molecule has 2 N–H and O–H groups in total. The number of imide groups is 1. The summed E-state index contributed by atoms with van der Waals surface area (Å²) in [7, 11) is 0. The number of benzene rings is 1. The van der Waals surface area contributed by atoms with Gasteiger partial charge in [0.2, 0.25) is 5.91 Å². The maximum Gasteiger partial charge on any atom is 0.325 e. The number of nitrogens with zero attached hydrogens (tertiary/aromatic N) is 1. The van der Waals surface area contributed by atoms with Crippen molar-refractivity contribution in [2.45, 2.75) is 57.5 Å². The fourth-order valence-electron chi connectivity index (χ4n) is 4.07. The summed E-state index contributed by atoms with van der Waals surface area (Å²) < 4.78 is 0. The van der Waals surface area contributed by atoms with Crippen LogP contribution in [0, 0.1) is 5.92 Å². The van der Waals surface area contributed by atoms with E-state index in [-0.39, 0.29) is 18.5 Å². The molecule has 3 atom stereocenters. The molecule has 0 radical (unpaired) electrons. The van der Waals surface area contributed by atoms with Crippen molar-refractivity contribution in [2.75, 3.05) is 6.54 Å². The van der Waals surface area contributed by atoms with Crippen LogP contribution in [0.5, 0.6) is 0 Å². The monoisotopic (exact) mass is 391 g/mol. The average molecular weight is 392 g/mol. The quantitative estimate of drug-likeness (QED) is 0.756. The first-order chi connectivity index (χ1) is 12.9. The third kappa shape index (κ3) is 3.81. The number of carbonyl (C=O) groups excluding carboxylic acids is 3. The smallest absolute Gasteiger partial charge is 0.325 e. The van der Waals surface area contributed by atoms with Crippen molar-refractivity contribution in [2.24, 2.45) is 5.92 Å². The van der Waals surface area contributed by atoms with Gasteiger partial charge in [-0.3, -0.25) is 14.5 Å². The standard InChI is InChI=1S/C20H26ClN3O3/c1-3-20(14-8-10-15(21)11-9-14)18(26)24(19(27)23-20)12-17(25)22-16-7-5-4-6-13(16)2/h8-11,13,16H,3-7,12H2,1-2H3,(H,22,25)(H,23,27)/t13-,16-,20+/m0/s1. The lowest BCUT2D eigenvalue weighted by Crippen LogP contribution is -2.48. The van der Waals surface area contributed by atoms with Gasteiger partial charge in [-0.1, -0.05) is 50.4 Å². The highest BCUT2D eigenvalue weighted by atomic mass is 35.5. The van der Waals surface area contributed by atoms with E-state index in [1.807, 2.05) is 6.92 Å². The molecule has 0 aromatic heterocycles. The lowest BCUT2D eigenvalue weighted by atomic mass is 9.86. The Bertz CT molecular complexity index is 736. The zero-order valence-electron chi connectivity index (χ0n) is 15.8. The third-order valence-electron chi connectivity index (χ3n) is 5.80. The first-order valence-electron chi connectivity index (χ1n) is 9.57. The van der Waals surface area contributed by atoms with E-state index in [2.05, 4.69) is 17.6 Å². The van der Waals surface area contributed by atoms with Crippen LogP contribution in [0.1, 0.15) is 51.5 Å². The molecule has 4 amide bonds. The molecule has 0 unspecified atom stereocenters. The van der Waals surface area contributed by atoms with Crippen molar-refractivity contribution in [1.82, 2.24) is 15.5 Å². The maximum absolute atomic E-state index is 13.1. The van der Waals surface area contributed by atoms with E-state index < -0.39 is 17.5 Å². The number of nitrogens with one attached hydrogen (secondary N) is 2. The SMILES string of the molecule is CC[C@]1(c2ccc(Cl)cc2)NC(=O)N(CC(=O)N[C@H]2CCCC[C@@H]2C)C1=O. The first kappa shape index (κ1) is 19.7. The summed E-state index contributed by atoms with van der Waals surface area (Å²) in [6.45, 7) is 3.70. The van der Waals surface area contributed by atoms with Crippen LogP contribution in [0.25, 0.3) is 0 Å². The predicted octanol–water partition coefficient (Wildman–Crippen LogP) is 3.19. The number of urea groups is 1. The van der Waals surface area contributed by atoms with E-state index in [0.29, 0.717) is 22.9 Å². The number of rotatable bonds is 5. The Morgan fingerprint density at radius 1 is 1.26 bits per heavy atom. The second-order valence-corrected chi connectivity index (χ2v) is 7.96. The van der Waals surface area contributed by atoms with Crippen LogP contribution >= 0.6 is 11.6 Å². The van der Waals surface area contributed by atoms with E-state index in [1.54, 1.807) is 24.3 Å². The Morgan fingerprint density at radius 3 is 2.56 bits per heavy atom. The van der Waals surface area contributed by atoms with Crippen molar-refractivity contribution in [3.05, 3.63) is 34.9 Å². The Kier molecular flexibility index (Phi) is 5.75. The van der Waals surface area contributed by atoms with Gasteiger partial charge in [0.15, 0.2) is 0 Å². The summed E-state index contributed by atoms with van der Waals surface area (Å²) in [5, 5.41) is 6.34. The molecular formula is C20H26ClN3O3. The summed E-state index contributed by atoms with van der Waals surface area (Å²) in [5.74, 6) is -0.279. The second-order valence-electron chi connectivity index (χ2n) is 7.52. The van der Waals surface area contributed by atoms with Crippen LogP contribution in [-0.4, -0.2) is 35.3 Å². The van der Waals surface area contributed by atoms with Gasteiger partial charge < -0.3 is 10.6 Å². The molecule has 1 aromatic carbocycles. The van der Waals surface area contributed by atoms with E-state index in [1.165, 1.54) is 6.42 Å². The summed E-state index contributed by atoms with van der Waals surface area (Å²) in [5.41, 5.74) is -0.489. The third-order valence-corrected chi connectivity index (χ3v) is 6.05. The highest BCUT2D eigenvalue weighted by molar-refractivity contribution is 6.30. The summed E-state index contributed by atoms with van der Waals surface area (Å²) in [4.78, 5) is 39.1. The molecule has 6 nitrogen and oxygen atoms in total. The molecular weight excluding hydrogens is 366 g/mol. The number of hydrogen-bond donors (Lipinski definition) is 2. The minimum Gasteiger partial charge on any atom is -0.352 e. The normalized spacial score (nSPS) is 28.2. The highest BCUT2D eigenvalue weighted by Crippen LogP contribution is 2.33. The molecule has 0 bridgehead atoms. The summed E-state index contributed by atoms with van der Waals surface area (Å²) >= 11 is 5.94. The van der Waals surface area contributed by atoms with Gasteiger partial charge in [0.1, 0.15) is 12.1 Å². The van der Waals surface area contributed by atoms with E-state index in [0.717, 1.165) is 24.2 Å². The molecule has 1 saturated carbocycles. The van der Waals surface area contributed by atoms with Crippen molar-refractivity contribution < 1.29 is 14.4 Å². The van der Waals surface area contributed by atoms with Gasteiger partial charge >= 0.3 is 6.03 Å². The van der Waals surface area contributed by atoms with Crippen molar-refractivity contribution in [1.29, 1.82) is 0 Å². The maximum atomic E-state index is 13.1. The minimum atomic E-state index is -1.15. The highest BCUT2D eigenvalue weighted by Gasteiger charge is 2.51. The molecule has 146 valence electrons. The van der Waals surface area contributed by atoms with Crippen LogP contribution in [0.15, 0.2) is 24.3 Å². The summed E-state index contributed by atoms with van der Waals surface area (Å²) in [6.07, 6.45) is 4.69. The number of halogens is 1. The van der Waals surface area contributed by atoms with Gasteiger partial charge in [-0.15, -0.1) is 0 Å². The number of carbonyl (C=O) groups is 3. The molecule has 27 heavy (non-hydrogen) atoms. The zero-order valence-corrected chi connectivity index (χ0v) is 16.5. The second kappa shape index (κ2) is 7.89. The molecule has 3 rings (SSSR count). The van der Waals surface area contributed by atoms with Crippen LogP contribution in [0.4, 0.5) is 4.79 Å². The molecule has 1 heterocycles. The largest absolute Gasteiger partial charge is 0.352 e. The fraction of sp³-hybridized carbons (Fsp3) is 0.550. The molecule has 1 aliphatic carbocycles. The van der Waals surface area contributed by atoms with Gasteiger partial charge in [-0.2, -0.15) is 0 Å². The van der Waals surface area contributed by atoms with E-state index >= 15 is 0 Å². The molecule has 0 spiro atoms. The first-order valence-corrected chi connectivity index (χ1v) is 9.94. The van der Waals surface area contributed by atoms with Gasteiger partial charge in [0, 0.05) is 11.1 Å². The topological polar surface area (TPSA) is 78.5 Å². The predicted molar refractivity (Wildman–Crippen MR) is 103 cm³/mol. The molecule has 2 aliphatic rings. The van der Waals surface area contributed by atoms with Gasteiger partial charge in [-0.05, 0) is 42.9 Å². The van der Waals surface area contributed by atoms with E-state index in [9.17, 15) is 14.4 Å². The van der Waals surface area contributed by atoms with E-state index in [4.69, 9.17) is 11.6 Å². The molecule has 7 heteroatoms. The van der Waals surface area contributed by atoms with Crippen molar-refractivity contribution in [3.8, 4) is 0 Å². The average Bonchev–Trinajstić information content (AvgIpc) is 2.89. The van der Waals surface area contributed by atoms with Gasteiger partial charge in [0.25, 0.3) is 5.91 Å². The number of amides is 4.